The third-order valence-corrected chi connectivity index (χ3v) is 2.00. The van der Waals surface area contributed by atoms with Gasteiger partial charge in [-0.15, -0.1) is 0 Å². The topological polar surface area (TPSA) is 75.3 Å². The van der Waals surface area contributed by atoms with Crippen LogP contribution in [0.2, 0.25) is 0 Å². The molecule has 4 heteroatoms. The van der Waals surface area contributed by atoms with E-state index in [1.807, 2.05) is 13.8 Å². The molecule has 0 aliphatic heterocycles. The molecule has 0 aromatic carbocycles. The Balaban J connectivity index is 3.69. The lowest BCUT2D eigenvalue weighted by molar-refractivity contribution is -0.118. The van der Waals surface area contributed by atoms with E-state index in [9.17, 15) is 9.90 Å². The number of nitrogens with one attached hydrogen (secondary N) is 1. The minimum absolute atomic E-state index is 0.302. The van der Waals surface area contributed by atoms with E-state index in [1.54, 1.807) is 6.92 Å². The van der Waals surface area contributed by atoms with Crippen LogP contribution in [0, 0.1) is 0 Å². The molecule has 4 nitrogen and oxygen atoms in total. The molecule has 0 heterocycles. The SMILES string of the molecule is CC(O)C(C)(C)NCCC(N)=O. The highest BCUT2D eigenvalue weighted by atomic mass is 16.3. The van der Waals surface area contributed by atoms with E-state index in [-0.39, 0.29) is 11.4 Å². The highest BCUT2D eigenvalue weighted by molar-refractivity contribution is 5.73. The second-order valence-corrected chi connectivity index (χ2v) is 3.54. The van der Waals surface area contributed by atoms with E-state index in [0.717, 1.165) is 0 Å². The predicted molar refractivity (Wildman–Crippen MR) is 47.6 cm³/mol. The number of carbonyl (C=O) groups is 1. The van der Waals surface area contributed by atoms with Gasteiger partial charge in [0.2, 0.25) is 5.91 Å². The zero-order valence-electron chi connectivity index (χ0n) is 7.92. The number of amides is 1. The molecule has 0 fully saturated rings. The Morgan fingerprint density at radius 1 is 1.67 bits per heavy atom. The van der Waals surface area contributed by atoms with Crippen molar-refractivity contribution in [1.82, 2.24) is 5.32 Å². The van der Waals surface area contributed by atoms with Crippen LogP contribution in [0.1, 0.15) is 27.2 Å². The Morgan fingerprint density at radius 2 is 2.17 bits per heavy atom. The Kier molecular flexibility index (Phi) is 4.20. The fourth-order valence-corrected chi connectivity index (χ4v) is 0.656. The van der Waals surface area contributed by atoms with Gasteiger partial charge in [0.1, 0.15) is 0 Å². The van der Waals surface area contributed by atoms with Crippen molar-refractivity contribution in [3.63, 3.8) is 0 Å². The van der Waals surface area contributed by atoms with Gasteiger partial charge in [0.25, 0.3) is 0 Å². The molecule has 0 rings (SSSR count). The van der Waals surface area contributed by atoms with Gasteiger partial charge in [-0.2, -0.15) is 0 Å². The molecule has 0 spiro atoms. The van der Waals surface area contributed by atoms with E-state index >= 15 is 0 Å². The van der Waals surface area contributed by atoms with Crippen molar-refractivity contribution in [3.8, 4) is 0 Å². The standard InChI is InChI=1S/C8H18N2O2/c1-6(11)8(2,3)10-5-4-7(9)12/h6,10-11H,4-5H2,1-3H3,(H2,9,12). The van der Waals surface area contributed by atoms with Gasteiger partial charge in [-0.05, 0) is 20.8 Å². The molecule has 1 amide bonds. The van der Waals surface area contributed by atoms with Gasteiger partial charge in [0.05, 0.1) is 6.10 Å². The number of aliphatic hydroxyl groups excluding tert-OH is 1. The number of primary amides is 1. The molecule has 0 aromatic rings. The van der Waals surface area contributed by atoms with Crippen LogP contribution in [0.15, 0.2) is 0 Å². The van der Waals surface area contributed by atoms with Gasteiger partial charge in [-0.1, -0.05) is 0 Å². The Morgan fingerprint density at radius 3 is 2.50 bits per heavy atom. The summed E-state index contributed by atoms with van der Waals surface area (Å²) in [6.45, 7) is 5.96. The molecule has 0 saturated heterocycles. The van der Waals surface area contributed by atoms with Gasteiger partial charge < -0.3 is 16.2 Å². The lowest BCUT2D eigenvalue weighted by atomic mass is 9.99. The Bertz CT molecular complexity index is 155. The van der Waals surface area contributed by atoms with Gasteiger partial charge in [-0.3, -0.25) is 4.79 Å². The summed E-state index contributed by atoms with van der Waals surface area (Å²) in [5.74, 6) is -0.330. The van der Waals surface area contributed by atoms with Gasteiger partial charge in [-0.25, -0.2) is 0 Å². The first-order valence-corrected chi connectivity index (χ1v) is 4.07. The number of hydrogen-bond acceptors (Lipinski definition) is 3. The molecule has 0 aromatic heterocycles. The monoisotopic (exact) mass is 174 g/mol. The normalized spacial score (nSPS) is 14.3. The van der Waals surface area contributed by atoms with E-state index in [0.29, 0.717) is 13.0 Å². The van der Waals surface area contributed by atoms with Crippen LogP contribution in [0.5, 0.6) is 0 Å². The van der Waals surface area contributed by atoms with Gasteiger partial charge in [0, 0.05) is 18.5 Å². The van der Waals surface area contributed by atoms with Crippen LogP contribution >= 0.6 is 0 Å². The zero-order valence-corrected chi connectivity index (χ0v) is 7.92. The maximum atomic E-state index is 10.4. The summed E-state index contributed by atoms with van der Waals surface area (Å²) in [6.07, 6.45) is -0.152. The van der Waals surface area contributed by atoms with E-state index in [4.69, 9.17) is 5.73 Å². The van der Waals surface area contributed by atoms with Crippen LogP contribution in [-0.4, -0.2) is 29.2 Å². The number of hydrogen-bond donors (Lipinski definition) is 3. The summed E-state index contributed by atoms with van der Waals surface area (Å²) in [5.41, 5.74) is 4.59. The fraction of sp³-hybridized carbons (Fsp3) is 0.875. The molecule has 0 bridgehead atoms. The first-order chi connectivity index (χ1) is 5.36. The van der Waals surface area contributed by atoms with Crippen LogP contribution in [0.3, 0.4) is 0 Å². The third kappa shape index (κ3) is 4.31. The molecule has 0 saturated carbocycles. The smallest absolute Gasteiger partial charge is 0.218 e. The molecule has 4 N–H and O–H groups in total. The Hall–Kier alpha value is -0.610. The summed E-state index contributed by atoms with van der Waals surface area (Å²) < 4.78 is 0. The Labute approximate surface area is 73.1 Å². The van der Waals surface area contributed by atoms with Crippen molar-refractivity contribution in [2.24, 2.45) is 5.73 Å². The second kappa shape index (κ2) is 4.42. The maximum absolute atomic E-state index is 10.4. The van der Waals surface area contributed by atoms with Gasteiger partial charge in [0.15, 0.2) is 0 Å². The quantitative estimate of drug-likeness (QED) is 0.531. The summed E-state index contributed by atoms with van der Waals surface area (Å²) in [7, 11) is 0. The lowest BCUT2D eigenvalue weighted by Crippen LogP contribution is -2.49. The average Bonchev–Trinajstić information content (AvgIpc) is 1.85. The van der Waals surface area contributed by atoms with E-state index < -0.39 is 6.10 Å². The van der Waals surface area contributed by atoms with Crippen LogP contribution in [0.4, 0.5) is 0 Å². The molecule has 1 atom stereocenters. The molecule has 12 heavy (non-hydrogen) atoms. The van der Waals surface area contributed by atoms with Crippen molar-refractivity contribution < 1.29 is 9.90 Å². The average molecular weight is 174 g/mol. The molecular weight excluding hydrogens is 156 g/mol. The fourth-order valence-electron chi connectivity index (χ4n) is 0.656. The van der Waals surface area contributed by atoms with Crippen LogP contribution in [-0.2, 0) is 4.79 Å². The van der Waals surface area contributed by atoms with Gasteiger partial charge >= 0.3 is 0 Å². The highest BCUT2D eigenvalue weighted by Gasteiger charge is 2.22. The first kappa shape index (κ1) is 11.4. The number of nitrogens with two attached hydrogens (primary N) is 1. The molecule has 0 aliphatic rings. The van der Waals surface area contributed by atoms with Crippen LogP contribution in [0.25, 0.3) is 0 Å². The molecule has 0 aliphatic carbocycles. The van der Waals surface area contributed by atoms with Crippen molar-refractivity contribution in [3.05, 3.63) is 0 Å². The number of rotatable bonds is 5. The summed E-state index contributed by atoms with van der Waals surface area (Å²) in [6, 6.07) is 0. The molecular formula is C8H18N2O2. The zero-order chi connectivity index (χ0) is 9.78. The number of carbonyl (C=O) groups excluding carboxylic acids is 1. The molecule has 72 valence electrons. The highest BCUT2D eigenvalue weighted by Crippen LogP contribution is 2.07. The summed E-state index contributed by atoms with van der Waals surface area (Å²) >= 11 is 0. The predicted octanol–water partition coefficient (Wildman–Crippen LogP) is -0.389. The summed E-state index contributed by atoms with van der Waals surface area (Å²) in [5, 5.41) is 12.3. The maximum Gasteiger partial charge on any atom is 0.218 e. The van der Waals surface area contributed by atoms with Crippen molar-refractivity contribution in [2.45, 2.75) is 38.8 Å². The van der Waals surface area contributed by atoms with E-state index in [2.05, 4.69) is 5.32 Å². The second-order valence-electron chi connectivity index (χ2n) is 3.54. The lowest BCUT2D eigenvalue weighted by Gasteiger charge is -2.29. The third-order valence-electron chi connectivity index (χ3n) is 2.00. The first-order valence-electron chi connectivity index (χ1n) is 4.07. The van der Waals surface area contributed by atoms with Crippen LogP contribution < -0.4 is 11.1 Å². The minimum Gasteiger partial charge on any atom is -0.392 e. The number of aliphatic hydroxyl groups is 1. The minimum atomic E-state index is -0.453. The molecule has 0 radical (unpaired) electrons. The van der Waals surface area contributed by atoms with E-state index in [1.165, 1.54) is 0 Å². The van der Waals surface area contributed by atoms with Crippen molar-refractivity contribution in [2.75, 3.05) is 6.54 Å². The molecule has 1 unspecified atom stereocenters. The van der Waals surface area contributed by atoms with Crippen molar-refractivity contribution >= 4 is 5.91 Å². The van der Waals surface area contributed by atoms with Crippen molar-refractivity contribution in [1.29, 1.82) is 0 Å². The largest absolute Gasteiger partial charge is 0.392 e. The summed E-state index contributed by atoms with van der Waals surface area (Å²) in [4.78, 5) is 10.4.